The van der Waals surface area contributed by atoms with E-state index < -0.39 is 0 Å². The molecule has 0 N–H and O–H groups in total. The molecule has 0 rings (SSSR count). The van der Waals surface area contributed by atoms with Crippen molar-refractivity contribution in [2.75, 3.05) is 0 Å². The molecule has 0 bridgehead atoms. The van der Waals surface area contributed by atoms with Crippen LogP contribution in [0.5, 0.6) is 0 Å². The van der Waals surface area contributed by atoms with Crippen LogP contribution in [0.1, 0.15) is 162 Å². The Morgan fingerprint density at radius 1 is 0.270 bits per heavy atom. The molecule has 0 spiro atoms. The number of Topliss-reactive ketones (excluding diaryl/α,β-unsaturated/α-hetero) is 6. The first-order valence-electron chi connectivity index (χ1n) is 14.9. The molecule has 0 heterocycles. The molecule has 0 aromatic rings. The molecule has 6 nitrogen and oxygen atoms in total. The molecule has 0 aliphatic carbocycles. The zero-order valence-electron chi connectivity index (χ0n) is 23.7. The van der Waals surface area contributed by atoms with E-state index in [-0.39, 0.29) is 34.7 Å². The second kappa shape index (κ2) is 24.4. The lowest BCUT2D eigenvalue weighted by Gasteiger charge is -2.04. The zero-order chi connectivity index (χ0) is 27.7. The first-order chi connectivity index (χ1) is 17.8. The maximum absolute atomic E-state index is 12.0. The van der Waals surface area contributed by atoms with Gasteiger partial charge in [0.25, 0.3) is 0 Å². The van der Waals surface area contributed by atoms with Gasteiger partial charge in [-0.25, -0.2) is 0 Å². The lowest BCUT2D eigenvalue weighted by atomic mass is 10.0. The minimum Gasteiger partial charge on any atom is -0.300 e. The van der Waals surface area contributed by atoms with Crippen LogP contribution in [0.4, 0.5) is 0 Å². The van der Waals surface area contributed by atoms with Crippen molar-refractivity contribution in [3.8, 4) is 0 Å². The van der Waals surface area contributed by atoms with Crippen molar-refractivity contribution in [2.24, 2.45) is 0 Å². The number of hydrogen-bond donors (Lipinski definition) is 0. The van der Waals surface area contributed by atoms with Crippen LogP contribution in [0, 0.1) is 0 Å². The lowest BCUT2D eigenvalue weighted by Crippen LogP contribution is -2.04. The Kier molecular flexibility index (Phi) is 23.1. The maximum Gasteiger partial charge on any atom is 0.132 e. The second-order valence-corrected chi connectivity index (χ2v) is 10.4. The molecule has 0 fully saturated rings. The smallest absolute Gasteiger partial charge is 0.132 e. The van der Waals surface area contributed by atoms with Crippen molar-refractivity contribution < 1.29 is 28.8 Å². The Morgan fingerprint density at radius 3 is 0.622 bits per heavy atom. The predicted molar refractivity (Wildman–Crippen MR) is 148 cm³/mol. The van der Waals surface area contributed by atoms with Crippen LogP contribution in [-0.4, -0.2) is 34.7 Å². The van der Waals surface area contributed by atoms with Crippen LogP contribution in [0.2, 0.25) is 0 Å². The van der Waals surface area contributed by atoms with Gasteiger partial charge in [-0.15, -0.1) is 0 Å². The van der Waals surface area contributed by atoms with Crippen molar-refractivity contribution in [2.45, 2.75) is 162 Å². The van der Waals surface area contributed by atoms with E-state index in [1.165, 1.54) is 0 Å². The quantitative estimate of drug-likeness (QED) is 0.0995. The highest BCUT2D eigenvalue weighted by Crippen LogP contribution is 2.12. The average molecular weight is 521 g/mol. The summed E-state index contributed by atoms with van der Waals surface area (Å²) >= 11 is 0. The van der Waals surface area contributed by atoms with Gasteiger partial charge in [0, 0.05) is 77.0 Å². The van der Waals surface area contributed by atoms with Gasteiger partial charge >= 0.3 is 0 Å². The summed E-state index contributed by atoms with van der Waals surface area (Å²) in [7, 11) is 0. The Balaban J connectivity index is 3.63. The summed E-state index contributed by atoms with van der Waals surface area (Å²) in [5, 5.41) is 0. The molecule has 0 aliphatic heterocycles. The molecule has 0 aromatic heterocycles. The average Bonchev–Trinajstić information content (AvgIpc) is 2.86. The summed E-state index contributed by atoms with van der Waals surface area (Å²) in [5.41, 5.74) is 0. The predicted octanol–water partition coefficient (Wildman–Crippen LogP) is 7.41. The summed E-state index contributed by atoms with van der Waals surface area (Å²) in [5.74, 6) is 1.10. The van der Waals surface area contributed by atoms with Crippen LogP contribution in [-0.2, 0) is 28.8 Å². The third kappa shape index (κ3) is 24.1. The Bertz CT molecular complexity index is 636. The van der Waals surface area contributed by atoms with Crippen LogP contribution in [0.25, 0.3) is 0 Å². The second-order valence-electron chi connectivity index (χ2n) is 10.4. The summed E-state index contributed by atoms with van der Waals surface area (Å²) < 4.78 is 0. The normalized spacial score (nSPS) is 10.9. The van der Waals surface area contributed by atoms with Crippen LogP contribution < -0.4 is 0 Å². The van der Waals surface area contributed by atoms with Gasteiger partial charge in [-0.05, 0) is 57.8 Å². The van der Waals surface area contributed by atoms with Gasteiger partial charge in [0.1, 0.15) is 34.7 Å². The summed E-state index contributed by atoms with van der Waals surface area (Å²) in [6.45, 7) is 4.11. The summed E-state index contributed by atoms with van der Waals surface area (Å²) in [4.78, 5) is 71.1. The molecule has 0 aliphatic rings. The van der Waals surface area contributed by atoms with Gasteiger partial charge < -0.3 is 0 Å². The van der Waals surface area contributed by atoms with Gasteiger partial charge in [-0.3, -0.25) is 28.8 Å². The van der Waals surface area contributed by atoms with Crippen molar-refractivity contribution in [3.63, 3.8) is 0 Å². The topological polar surface area (TPSA) is 102 Å². The fraction of sp³-hybridized carbons (Fsp3) is 0.806. The van der Waals surface area contributed by atoms with E-state index in [0.29, 0.717) is 122 Å². The fourth-order valence-corrected chi connectivity index (χ4v) is 4.23. The van der Waals surface area contributed by atoms with Crippen molar-refractivity contribution in [3.05, 3.63) is 0 Å². The van der Waals surface area contributed by atoms with Gasteiger partial charge in [0.05, 0.1) is 0 Å². The Labute approximate surface area is 225 Å². The number of hydrogen-bond acceptors (Lipinski definition) is 6. The highest BCUT2D eigenvalue weighted by Gasteiger charge is 2.10. The lowest BCUT2D eigenvalue weighted by molar-refractivity contribution is -0.122. The molecule has 0 saturated carbocycles. The van der Waals surface area contributed by atoms with Gasteiger partial charge in [-0.1, -0.05) is 26.7 Å². The molecular weight excluding hydrogens is 468 g/mol. The monoisotopic (exact) mass is 520 g/mol. The molecule has 212 valence electrons. The SMILES string of the molecule is CCCCC(=O)CCCC(=O)CCCCC(=O)CCCC(=O)CCCCC(=O)CCCC(=O)CCCC. The van der Waals surface area contributed by atoms with E-state index in [1.807, 2.05) is 0 Å². The fourth-order valence-electron chi connectivity index (χ4n) is 4.23. The largest absolute Gasteiger partial charge is 0.300 e. The molecular formula is C31H52O6. The van der Waals surface area contributed by atoms with Crippen molar-refractivity contribution >= 4 is 34.7 Å². The molecule has 37 heavy (non-hydrogen) atoms. The van der Waals surface area contributed by atoms with Gasteiger partial charge in [0.15, 0.2) is 0 Å². The van der Waals surface area contributed by atoms with E-state index in [0.717, 1.165) is 25.7 Å². The van der Waals surface area contributed by atoms with Crippen LogP contribution in [0.15, 0.2) is 0 Å². The summed E-state index contributed by atoms with van der Waals surface area (Å²) in [6, 6.07) is 0. The minimum atomic E-state index is 0.139. The first-order valence-corrected chi connectivity index (χ1v) is 14.9. The third-order valence-corrected chi connectivity index (χ3v) is 6.67. The van der Waals surface area contributed by atoms with Gasteiger partial charge in [-0.2, -0.15) is 0 Å². The maximum atomic E-state index is 12.0. The van der Waals surface area contributed by atoms with E-state index in [1.54, 1.807) is 0 Å². The highest BCUT2D eigenvalue weighted by atomic mass is 16.1. The molecule has 0 aromatic carbocycles. The molecule has 0 amide bonds. The van der Waals surface area contributed by atoms with E-state index in [9.17, 15) is 28.8 Å². The summed E-state index contributed by atoms with van der Waals surface area (Å²) in [6.07, 6.45) is 14.2. The zero-order valence-corrected chi connectivity index (χ0v) is 23.7. The van der Waals surface area contributed by atoms with E-state index in [4.69, 9.17) is 0 Å². The van der Waals surface area contributed by atoms with E-state index in [2.05, 4.69) is 13.8 Å². The molecule has 0 radical (unpaired) electrons. The Hall–Kier alpha value is -1.98. The standard InChI is InChI=1S/C31H52O6/c1-3-5-14-26(32)20-11-22-28(34)16-7-9-18-30(36)24-13-25-31(37)19-10-8-17-29(35)23-12-21-27(33)15-6-4-2/h3-25H2,1-2H3. The molecule has 0 atom stereocenters. The first kappa shape index (κ1) is 35.0. The number of unbranched alkanes of at least 4 members (excludes halogenated alkanes) is 4. The van der Waals surface area contributed by atoms with Crippen LogP contribution in [0.3, 0.4) is 0 Å². The molecule has 0 saturated heterocycles. The Morgan fingerprint density at radius 2 is 0.432 bits per heavy atom. The third-order valence-electron chi connectivity index (χ3n) is 6.67. The molecule has 0 unspecified atom stereocenters. The minimum absolute atomic E-state index is 0.139. The number of carbonyl (C=O) groups excluding carboxylic acids is 6. The number of rotatable bonds is 28. The number of carbonyl (C=O) groups is 6. The molecule has 6 heteroatoms. The van der Waals surface area contributed by atoms with Crippen LogP contribution >= 0.6 is 0 Å². The van der Waals surface area contributed by atoms with Crippen molar-refractivity contribution in [1.82, 2.24) is 0 Å². The van der Waals surface area contributed by atoms with Gasteiger partial charge in [0.2, 0.25) is 0 Å². The van der Waals surface area contributed by atoms with Crippen molar-refractivity contribution in [1.29, 1.82) is 0 Å². The number of ketones is 6. The highest BCUT2D eigenvalue weighted by molar-refractivity contribution is 5.83. The van der Waals surface area contributed by atoms with E-state index >= 15 is 0 Å².